The molecule has 1 aliphatic rings. The average molecular weight is 275 g/mol. The molecular weight excluding hydrogens is 250 g/mol. The van der Waals surface area contributed by atoms with Gasteiger partial charge in [-0.05, 0) is 31.2 Å². The Bertz CT molecular complexity index is 440. The summed E-state index contributed by atoms with van der Waals surface area (Å²) in [6.45, 7) is 4.97. The van der Waals surface area contributed by atoms with Gasteiger partial charge in [-0.15, -0.1) is 0 Å². The summed E-state index contributed by atoms with van der Waals surface area (Å²) in [7, 11) is 1.75. The van der Waals surface area contributed by atoms with Crippen LogP contribution in [0.25, 0.3) is 0 Å². The van der Waals surface area contributed by atoms with Crippen molar-refractivity contribution in [1.82, 2.24) is 4.90 Å². The molecule has 4 nitrogen and oxygen atoms in total. The predicted octanol–water partition coefficient (Wildman–Crippen LogP) is 2.22. The van der Waals surface area contributed by atoms with E-state index < -0.39 is 0 Å². The first-order valence-electron chi connectivity index (χ1n) is 7.28. The third-order valence-electron chi connectivity index (χ3n) is 4.11. The number of rotatable bonds is 8. The highest BCUT2D eigenvalue weighted by atomic mass is 16.5. The minimum atomic E-state index is 0.124. The molecule has 110 valence electrons. The van der Waals surface area contributed by atoms with Crippen molar-refractivity contribution in [3.05, 3.63) is 35.4 Å². The van der Waals surface area contributed by atoms with E-state index in [1.807, 2.05) is 12.1 Å². The van der Waals surface area contributed by atoms with Crippen LogP contribution in [0.4, 0.5) is 0 Å². The lowest BCUT2D eigenvalue weighted by molar-refractivity contribution is 0.111. The van der Waals surface area contributed by atoms with E-state index in [4.69, 9.17) is 15.9 Å². The third kappa shape index (κ3) is 4.05. The van der Waals surface area contributed by atoms with Crippen LogP contribution in [0.15, 0.2) is 24.3 Å². The summed E-state index contributed by atoms with van der Waals surface area (Å²) in [5, 5.41) is 7.42. The highest BCUT2D eigenvalue weighted by Gasteiger charge is 2.31. The first-order valence-corrected chi connectivity index (χ1v) is 7.28. The van der Waals surface area contributed by atoms with Gasteiger partial charge in [-0.1, -0.05) is 24.3 Å². The van der Waals surface area contributed by atoms with Crippen LogP contribution in [0, 0.1) is 11.3 Å². The number of amidine groups is 1. The van der Waals surface area contributed by atoms with Gasteiger partial charge in [-0.2, -0.15) is 0 Å². The van der Waals surface area contributed by atoms with Crippen molar-refractivity contribution in [2.75, 3.05) is 20.3 Å². The molecule has 1 saturated carbocycles. The Hall–Kier alpha value is -1.39. The second-order valence-corrected chi connectivity index (χ2v) is 5.65. The predicted molar refractivity (Wildman–Crippen MR) is 81.9 cm³/mol. The Kier molecular flexibility index (Phi) is 5.15. The van der Waals surface area contributed by atoms with Crippen LogP contribution in [-0.4, -0.2) is 37.0 Å². The quantitative estimate of drug-likeness (QED) is 0.565. The van der Waals surface area contributed by atoms with E-state index in [9.17, 15) is 0 Å². The lowest BCUT2D eigenvalue weighted by atomic mass is 10.1. The van der Waals surface area contributed by atoms with Gasteiger partial charge in [0.15, 0.2) is 0 Å². The maximum atomic E-state index is 7.42. The standard InChI is InChI=1S/C16H25N3O/c1-12(14-7-8-14)19(9-10-20-2)11-13-3-5-15(6-4-13)16(17)18/h3-6,12,14H,7-11H2,1-2H3,(H3,17,18). The number of nitrogens with zero attached hydrogens (tertiary/aromatic N) is 1. The highest BCUT2D eigenvalue weighted by molar-refractivity contribution is 5.94. The lowest BCUT2D eigenvalue weighted by Gasteiger charge is -2.29. The number of nitrogen functional groups attached to an aromatic ring is 1. The summed E-state index contributed by atoms with van der Waals surface area (Å²) in [6, 6.07) is 8.59. The van der Waals surface area contributed by atoms with Crippen molar-refractivity contribution < 1.29 is 4.74 Å². The Morgan fingerprint density at radius 2 is 2.05 bits per heavy atom. The number of hydrogen-bond acceptors (Lipinski definition) is 3. The molecule has 0 radical (unpaired) electrons. The van der Waals surface area contributed by atoms with Crippen LogP contribution in [-0.2, 0) is 11.3 Å². The molecule has 1 aromatic rings. The van der Waals surface area contributed by atoms with Crippen LogP contribution in [0.2, 0.25) is 0 Å². The minimum Gasteiger partial charge on any atom is -0.384 e. The first kappa shape index (κ1) is 15.0. The Morgan fingerprint density at radius 3 is 2.55 bits per heavy atom. The van der Waals surface area contributed by atoms with Crippen molar-refractivity contribution in [2.45, 2.75) is 32.4 Å². The van der Waals surface area contributed by atoms with Crippen molar-refractivity contribution >= 4 is 5.84 Å². The van der Waals surface area contributed by atoms with Crippen LogP contribution < -0.4 is 5.73 Å². The van der Waals surface area contributed by atoms with Crippen LogP contribution >= 0.6 is 0 Å². The maximum Gasteiger partial charge on any atom is 0.122 e. The molecule has 20 heavy (non-hydrogen) atoms. The van der Waals surface area contributed by atoms with Crippen LogP contribution in [0.3, 0.4) is 0 Å². The molecule has 0 saturated heterocycles. The zero-order chi connectivity index (χ0) is 14.5. The minimum absolute atomic E-state index is 0.124. The molecule has 0 heterocycles. The SMILES string of the molecule is COCCN(Cc1ccc(C(=N)N)cc1)C(C)C1CC1. The number of nitrogens with one attached hydrogen (secondary N) is 1. The molecule has 1 unspecified atom stereocenters. The summed E-state index contributed by atoms with van der Waals surface area (Å²) in [4.78, 5) is 2.49. The van der Waals surface area contributed by atoms with Gasteiger partial charge in [0.25, 0.3) is 0 Å². The molecule has 1 aliphatic carbocycles. The molecular formula is C16H25N3O. The van der Waals surface area contributed by atoms with E-state index in [0.29, 0.717) is 6.04 Å². The maximum absolute atomic E-state index is 7.42. The summed E-state index contributed by atoms with van der Waals surface area (Å²) < 4.78 is 5.22. The molecule has 3 N–H and O–H groups in total. The van der Waals surface area contributed by atoms with Gasteiger partial charge in [0.1, 0.15) is 5.84 Å². The van der Waals surface area contributed by atoms with E-state index in [2.05, 4.69) is 24.0 Å². The van der Waals surface area contributed by atoms with E-state index >= 15 is 0 Å². The first-order chi connectivity index (χ1) is 9.61. The molecule has 1 fully saturated rings. The zero-order valence-corrected chi connectivity index (χ0v) is 12.4. The fraction of sp³-hybridized carbons (Fsp3) is 0.562. The highest BCUT2D eigenvalue weighted by Crippen LogP contribution is 2.35. The van der Waals surface area contributed by atoms with E-state index in [0.717, 1.165) is 31.2 Å². The number of nitrogens with two attached hydrogens (primary N) is 1. The van der Waals surface area contributed by atoms with E-state index in [1.165, 1.54) is 18.4 Å². The molecule has 0 bridgehead atoms. The monoisotopic (exact) mass is 275 g/mol. The summed E-state index contributed by atoms with van der Waals surface area (Å²) in [5.41, 5.74) is 7.53. The van der Waals surface area contributed by atoms with Gasteiger partial charge in [0, 0.05) is 31.8 Å². The van der Waals surface area contributed by atoms with Crippen LogP contribution in [0.5, 0.6) is 0 Å². The average Bonchev–Trinajstić information content (AvgIpc) is 3.27. The number of hydrogen-bond donors (Lipinski definition) is 2. The Labute approximate surface area is 121 Å². The van der Waals surface area contributed by atoms with Crippen molar-refractivity contribution in [3.63, 3.8) is 0 Å². The topological polar surface area (TPSA) is 62.3 Å². The molecule has 4 heteroatoms. The summed E-state index contributed by atoms with van der Waals surface area (Å²) in [6.07, 6.45) is 2.71. The van der Waals surface area contributed by atoms with Gasteiger partial charge in [-0.25, -0.2) is 0 Å². The van der Waals surface area contributed by atoms with Crippen LogP contribution in [0.1, 0.15) is 30.9 Å². The molecule has 0 amide bonds. The fourth-order valence-corrected chi connectivity index (χ4v) is 2.54. The molecule has 0 aromatic heterocycles. The van der Waals surface area contributed by atoms with E-state index in [-0.39, 0.29) is 5.84 Å². The molecule has 1 atom stereocenters. The van der Waals surface area contributed by atoms with E-state index in [1.54, 1.807) is 7.11 Å². The van der Waals surface area contributed by atoms with Crippen molar-refractivity contribution in [1.29, 1.82) is 5.41 Å². The number of ether oxygens (including phenoxy) is 1. The number of methoxy groups -OCH3 is 1. The second kappa shape index (κ2) is 6.86. The van der Waals surface area contributed by atoms with Gasteiger partial charge in [0.05, 0.1) is 6.61 Å². The Balaban J connectivity index is 2.00. The van der Waals surface area contributed by atoms with Gasteiger partial charge >= 0.3 is 0 Å². The smallest absolute Gasteiger partial charge is 0.122 e. The zero-order valence-electron chi connectivity index (χ0n) is 12.4. The second-order valence-electron chi connectivity index (χ2n) is 5.65. The molecule has 1 aromatic carbocycles. The largest absolute Gasteiger partial charge is 0.384 e. The normalized spacial score (nSPS) is 16.4. The molecule has 2 rings (SSSR count). The summed E-state index contributed by atoms with van der Waals surface area (Å²) in [5.74, 6) is 0.975. The third-order valence-corrected chi connectivity index (χ3v) is 4.11. The lowest BCUT2D eigenvalue weighted by Crippen LogP contribution is -2.36. The van der Waals surface area contributed by atoms with Gasteiger partial charge < -0.3 is 10.5 Å². The van der Waals surface area contributed by atoms with Crippen molar-refractivity contribution in [2.24, 2.45) is 11.7 Å². The summed E-state index contributed by atoms with van der Waals surface area (Å²) >= 11 is 0. The van der Waals surface area contributed by atoms with Crippen molar-refractivity contribution in [3.8, 4) is 0 Å². The van der Waals surface area contributed by atoms with Gasteiger partial charge in [0.2, 0.25) is 0 Å². The number of benzene rings is 1. The van der Waals surface area contributed by atoms with Gasteiger partial charge in [-0.3, -0.25) is 10.3 Å². The molecule has 0 aliphatic heterocycles. The molecule has 0 spiro atoms. The fourth-order valence-electron chi connectivity index (χ4n) is 2.54. The Morgan fingerprint density at radius 1 is 1.40 bits per heavy atom.